The van der Waals surface area contributed by atoms with Gasteiger partial charge in [-0.05, 0) is 53.1 Å². The lowest BCUT2D eigenvalue weighted by molar-refractivity contribution is 0.0957. The topological polar surface area (TPSA) is 48.1 Å². The fourth-order valence-corrected chi connectivity index (χ4v) is 2.75. The Morgan fingerprint density at radius 1 is 1.35 bits per heavy atom. The van der Waals surface area contributed by atoms with Crippen LogP contribution >= 0.6 is 15.9 Å². The number of hydrogen-bond acceptors (Lipinski definition) is 3. The highest BCUT2D eigenvalue weighted by atomic mass is 79.9. The van der Waals surface area contributed by atoms with E-state index in [1.165, 1.54) is 6.42 Å². The predicted molar refractivity (Wildman–Crippen MR) is 72.9 cm³/mol. The highest BCUT2D eigenvalue weighted by Gasteiger charge is 2.26. The number of anilines is 1. The molecule has 3 atom stereocenters. The van der Waals surface area contributed by atoms with Crippen LogP contribution in [0.4, 0.5) is 5.69 Å². The number of pyridine rings is 1. The lowest BCUT2D eigenvalue weighted by atomic mass is 9.80. The zero-order valence-electron chi connectivity index (χ0n) is 10.3. The minimum absolute atomic E-state index is 0.286. The van der Waals surface area contributed by atoms with Crippen molar-refractivity contribution in [2.75, 3.05) is 5.73 Å². The second-order valence-corrected chi connectivity index (χ2v) is 5.92. The normalized spacial score (nSPS) is 29.0. The van der Waals surface area contributed by atoms with E-state index in [1.807, 2.05) is 6.07 Å². The summed E-state index contributed by atoms with van der Waals surface area (Å²) >= 11 is 3.43. The summed E-state index contributed by atoms with van der Waals surface area (Å²) in [4.78, 5) is 4.22. The Morgan fingerprint density at radius 2 is 2.12 bits per heavy atom. The molecule has 0 radical (unpaired) electrons. The molecule has 0 saturated heterocycles. The van der Waals surface area contributed by atoms with Crippen molar-refractivity contribution in [2.24, 2.45) is 11.8 Å². The molecule has 1 aliphatic rings. The number of aromatic nitrogens is 1. The van der Waals surface area contributed by atoms with E-state index in [-0.39, 0.29) is 6.10 Å². The molecular weight excluding hydrogens is 280 g/mol. The molecule has 0 spiro atoms. The van der Waals surface area contributed by atoms with Crippen LogP contribution in [0.15, 0.2) is 16.7 Å². The molecule has 17 heavy (non-hydrogen) atoms. The van der Waals surface area contributed by atoms with Crippen molar-refractivity contribution < 1.29 is 4.74 Å². The first-order valence-corrected chi connectivity index (χ1v) is 6.93. The molecule has 0 amide bonds. The molecule has 1 aromatic rings. The largest absolute Gasteiger partial charge is 0.474 e. The standard InChI is InChI=1S/C13H19BrN2O/c1-8-3-4-11(5-9(8)2)17-13-12(14)6-10(15)7-16-13/h6-9,11H,3-5,15H2,1-2H3. The van der Waals surface area contributed by atoms with E-state index >= 15 is 0 Å². The van der Waals surface area contributed by atoms with Crippen LogP contribution in [0.25, 0.3) is 0 Å². The number of nitrogens with zero attached hydrogens (tertiary/aromatic N) is 1. The van der Waals surface area contributed by atoms with Gasteiger partial charge in [0.05, 0.1) is 16.4 Å². The van der Waals surface area contributed by atoms with Crippen molar-refractivity contribution in [1.82, 2.24) is 4.98 Å². The SMILES string of the molecule is CC1CCC(Oc2ncc(N)cc2Br)CC1C. The number of halogens is 1. The maximum absolute atomic E-state index is 5.95. The fraction of sp³-hybridized carbons (Fsp3) is 0.615. The number of nitrogen functional groups attached to an aromatic ring is 1. The van der Waals surface area contributed by atoms with Gasteiger partial charge in [-0.1, -0.05) is 13.8 Å². The molecule has 4 heteroatoms. The summed E-state index contributed by atoms with van der Waals surface area (Å²) in [7, 11) is 0. The highest BCUT2D eigenvalue weighted by Crippen LogP contribution is 2.33. The molecule has 94 valence electrons. The average molecular weight is 299 g/mol. The molecule has 0 bridgehead atoms. The van der Waals surface area contributed by atoms with Gasteiger partial charge in [-0.15, -0.1) is 0 Å². The number of hydrogen-bond donors (Lipinski definition) is 1. The van der Waals surface area contributed by atoms with Gasteiger partial charge in [0.15, 0.2) is 0 Å². The van der Waals surface area contributed by atoms with Crippen LogP contribution in [0.3, 0.4) is 0 Å². The van der Waals surface area contributed by atoms with Crippen LogP contribution < -0.4 is 10.5 Å². The zero-order chi connectivity index (χ0) is 12.4. The molecule has 1 saturated carbocycles. The van der Waals surface area contributed by atoms with E-state index < -0.39 is 0 Å². The number of ether oxygens (including phenoxy) is 1. The highest BCUT2D eigenvalue weighted by molar-refractivity contribution is 9.10. The lowest BCUT2D eigenvalue weighted by Gasteiger charge is -2.32. The second-order valence-electron chi connectivity index (χ2n) is 5.06. The Hall–Kier alpha value is -0.770. The molecule has 3 unspecified atom stereocenters. The van der Waals surface area contributed by atoms with E-state index in [9.17, 15) is 0 Å². The van der Waals surface area contributed by atoms with Gasteiger partial charge < -0.3 is 10.5 Å². The van der Waals surface area contributed by atoms with E-state index in [4.69, 9.17) is 10.5 Å². The van der Waals surface area contributed by atoms with E-state index in [2.05, 4.69) is 34.8 Å². The van der Waals surface area contributed by atoms with Crippen LogP contribution in [0.2, 0.25) is 0 Å². The molecule has 0 aromatic carbocycles. The maximum atomic E-state index is 5.95. The third kappa shape index (κ3) is 3.12. The molecule has 0 aliphatic heterocycles. The monoisotopic (exact) mass is 298 g/mol. The summed E-state index contributed by atoms with van der Waals surface area (Å²) in [6.45, 7) is 4.61. The van der Waals surface area contributed by atoms with Gasteiger partial charge in [0.1, 0.15) is 6.10 Å². The summed E-state index contributed by atoms with van der Waals surface area (Å²) in [5.74, 6) is 2.19. The molecule has 1 heterocycles. The second kappa shape index (κ2) is 5.25. The van der Waals surface area contributed by atoms with Crippen molar-refractivity contribution in [2.45, 2.75) is 39.2 Å². The van der Waals surface area contributed by atoms with Crippen LogP contribution in [0, 0.1) is 11.8 Å². The molecule has 3 nitrogen and oxygen atoms in total. The summed E-state index contributed by atoms with van der Waals surface area (Å²) in [6, 6.07) is 1.83. The number of nitrogens with two attached hydrogens (primary N) is 1. The van der Waals surface area contributed by atoms with Gasteiger partial charge in [0.25, 0.3) is 0 Å². The predicted octanol–water partition coefficient (Wildman–Crippen LogP) is 3.63. The summed E-state index contributed by atoms with van der Waals surface area (Å²) in [5, 5.41) is 0. The minimum Gasteiger partial charge on any atom is -0.474 e. The third-order valence-corrected chi connectivity index (χ3v) is 4.23. The van der Waals surface area contributed by atoms with Gasteiger partial charge >= 0.3 is 0 Å². The van der Waals surface area contributed by atoms with Crippen LogP contribution in [0.5, 0.6) is 5.88 Å². The summed E-state index contributed by atoms with van der Waals surface area (Å²) < 4.78 is 6.78. The first-order valence-electron chi connectivity index (χ1n) is 6.14. The Labute approximate surface area is 111 Å². The average Bonchev–Trinajstić information content (AvgIpc) is 2.27. The molecule has 1 fully saturated rings. The van der Waals surface area contributed by atoms with Crippen LogP contribution in [0.1, 0.15) is 33.1 Å². The van der Waals surface area contributed by atoms with Crippen molar-refractivity contribution in [3.05, 3.63) is 16.7 Å². The Balaban J connectivity index is 2.01. The lowest BCUT2D eigenvalue weighted by Crippen LogP contribution is -2.29. The van der Waals surface area contributed by atoms with Crippen LogP contribution in [-0.4, -0.2) is 11.1 Å². The Kier molecular flexibility index (Phi) is 3.92. The van der Waals surface area contributed by atoms with Crippen molar-refractivity contribution in [3.8, 4) is 5.88 Å². The van der Waals surface area contributed by atoms with Gasteiger partial charge in [-0.2, -0.15) is 0 Å². The van der Waals surface area contributed by atoms with Crippen LogP contribution in [-0.2, 0) is 0 Å². The van der Waals surface area contributed by atoms with Crippen molar-refractivity contribution in [3.63, 3.8) is 0 Å². The van der Waals surface area contributed by atoms with Gasteiger partial charge in [0.2, 0.25) is 5.88 Å². The third-order valence-electron chi connectivity index (χ3n) is 3.66. The maximum Gasteiger partial charge on any atom is 0.228 e. The summed E-state index contributed by atoms with van der Waals surface area (Å²) in [6.07, 6.45) is 5.38. The van der Waals surface area contributed by atoms with Gasteiger partial charge in [0, 0.05) is 0 Å². The Morgan fingerprint density at radius 3 is 2.76 bits per heavy atom. The Bertz CT molecular complexity index is 397. The fourth-order valence-electron chi connectivity index (χ4n) is 2.29. The van der Waals surface area contributed by atoms with Crippen molar-refractivity contribution in [1.29, 1.82) is 0 Å². The quantitative estimate of drug-likeness (QED) is 0.907. The van der Waals surface area contributed by atoms with Crippen molar-refractivity contribution >= 4 is 21.6 Å². The first kappa shape index (κ1) is 12.7. The van der Waals surface area contributed by atoms with E-state index in [0.717, 1.165) is 29.2 Å². The zero-order valence-corrected chi connectivity index (χ0v) is 11.9. The molecule has 2 N–H and O–H groups in total. The number of rotatable bonds is 2. The smallest absolute Gasteiger partial charge is 0.228 e. The summed E-state index contributed by atoms with van der Waals surface area (Å²) in [5.41, 5.74) is 6.30. The van der Waals surface area contributed by atoms with E-state index in [1.54, 1.807) is 6.20 Å². The minimum atomic E-state index is 0.286. The molecule has 1 aromatic heterocycles. The molecular formula is C13H19BrN2O. The van der Waals surface area contributed by atoms with Gasteiger partial charge in [-0.3, -0.25) is 0 Å². The first-order chi connectivity index (χ1) is 8.06. The van der Waals surface area contributed by atoms with E-state index in [0.29, 0.717) is 11.6 Å². The van der Waals surface area contributed by atoms with Gasteiger partial charge in [-0.25, -0.2) is 4.98 Å². The molecule has 2 rings (SSSR count). The molecule has 1 aliphatic carbocycles.